The summed E-state index contributed by atoms with van der Waals surface area (Å²) in [4.78, 5) is 4.77. The molecule has 4 nitrogen and oxygen atoms in total. The minimum absolute atomic E-state index is 0.759. The molecule has 1 atom stereocenters. The number of fused-ring (bicyclic) bond motifs is 4. The number of hydrogen-bond donors (Lipinski definition) is 0. The van der Waals surface area contributed by atoms with Gasteiger partial charge in [-0.05, 0) is 60.0 Å². The van der Waals surface area contributed by atoms with Gasteiger partial charge in [-0.2, -0.15) is 0 Å². The third-order valence-corrected chi connectivity index (χ3v) is 10.3. The van der Waals surface area contributed by atoms with Gasteiger partial charge in [0.1, 0.15) is 0 Å². The molecule has 37 heavy (non-hydrogen) atoms. The van der Waals surface area contributed by atoms with E-state index in [1.54, 1.807) is 6.20 Å². The number of halogens is 1. The molecule has 1 unspecified atom stereocenters. The van der Waals surface area contributed by atoms with Crippen molar-refractivity contribution >= 4 is 73.1 Å². The van der Waals surface area contributed by atoms with Crippen LogP contribution in [-0.4, -0.2) is 4.98 Å². The number of para-hydroxylation sites is 2. The van der Waals surface area contributed by atoms with Crippen molar-refractivity contribution in [1.29, 1.82) is 0 Å². The van der Waals surface area contributed by atoms with Crippen molar-refractivity contribution in [2.45, 2.75) is 0 Å². The van der Waals surface area contributed by atoms with Crippen LogP contribution < -0.4 is 14.6 Å². The third kappa shape index (κ3) is 3.35. The van der Waals surface area contributed by atoms with Gasteiger partial charge in [0.15, 0.2) is 0 Å². The second-order valence-corrected chi connectivity index (χ2v) is 12.3. The van der Waals surface area contributed by atoms with Gasteiger partial charge >= 0.3 is 7.44 Å². The molecule has 6 aromatic rings. The summed E-state index contributed by atoms with van der Waals surface area (Å²) < 4.78 is 21.1. The highest BCUT2D eigenvalue weighted by Gasteiger charge is 2.50. The normalized spacial score (nSPS) is 16.9. The van der Waals surface area contributed by atoms with E-state index in [4.69, 9.17) is 4.98 Å². The molecule has 0 radical (unpaired) electrons. The summed E-state index contributed by atoms with van der Waals surface area (Å²) in [6.07, 6.45) is 1.80. The molecule has 1 aliphatic heterocycles. The van der Waals surface area contributed by atoms with E-state index < -0.39 is 7.44 Å². The maximum atomic E-state index is 16.1. The quantitative estimate of drug-likeness (QED) is 0.159. The fourth-order valence-electron chi connectivity index (χ4n) is 5.31. The molecule has 2 heterocycles. The lowest BCUT2D eigenvalue weighted by atomic mass is 10.1. The van der Waals surface area contributed by atoms with Crippen molar-refractivity contribution in [3.63, 3.8) is 0 Å². The number of nitrogens with zero attached hydrogens (tertiary/aromatic N) is 3. The minimum Gasteiger partial charge on any atom is -0.270 e. The predicted octanol–water partition coefficient (Wildman–Crippen LogP) is 8.96. The summed E-state index contributed by atoms with van der Waals surface area (Å²) in [6, 6.07) is 40.3. The van der Waals surface area contributed by atoms with Crippen LogP contribution in [0.1, 0.15) is 0 Å². The SMILES string of the molecule is O=P1(c2cccc3ccc4cccnc4c23)N(c2ccccc2)c2ccc(Br)cc2N1c1ccccc1. The zero-order valence-electron chi connectivity index (χ0n) is 19.7. The van der Waals surface area contributed by atoms with Crippen LogP contribution in [0.2, 0.25) is 0 Å². The zero-order chi connectivity index (χ0) is 25.0. The molecule has 1 aromatic heterocycles. The van der Waals surface area contributed by atoms with Crippen LogP contribution in [0.25, 0.3) is 21.7 Å². The van der Waals surface area contributed by atoms with Gasteiger partial charge in [0, 0.05) is 32.8 Å². The molecular formula is C31H21BrN3OP. The van der Waals surface area contributed by atoms with Gasteiger partial charge < -0.3 is 0 Å². The van der Waals surface area contributed by atoms with Gasteiger partial charge in [0.2, 0.25) is 0 Å². The Morgan fingerprint density at radius 1 is 0.622 bits per heavy atom. The van der Waals surface area contributed by atoms with Crippen LogP contribution >= 0.6 is 23.4 Å². The topological polar surface area (TPSA) is 36.4 Å². The summed E-state index contributed by atoms with van der Waals surface area (Å²) >= 11 is 3.66. The number of benzene rings is 5. The van der Waals surface area contributed by atoms with Crippen LogP contribution in [0.15, 0.2) is 132 Å². The van der Waals surface area contributed by atoms with E-state index in [0.29, 0.717) is 0 Å². The van der Waals surface area contributed by atoms with E-state index >= 15 is 4.57 Å². The number of aromatic nitrogens is 1. The first-order valence-corrected chi connectivity index (χ1v) is 14.4. The van der Waals surface area contributed by atoms with Gasteiger partial charge in [-0.1, -0.05) is 82.7 Å². The van der Waals surface area contributed by atoms with E-state index in [9.17, 15) is 0 Å². The van der Waals surface area contributed by atoms with Crippen LogP contribution in [-0.2, 0) is 4.57 Å². The second-order valence-electron chi connectivity index (χ2n) is 8.99. The van der Waals surface area contributed by atoms with Crippen molar-refractivity contribution in [2.24, 2.45) is 0 Å². The molecular weight excluding hydrogens is 541 g/mol. The van der Waals surface area contributed by atoms with E-state index in [1.807, 2.05) is 100 Å². The Balaban J connectivity index is 1.65. The number of rotatable bonds is 3. The highest BCUT2D eigenvalue weighted by atomic mass is 79.9. The zero-order valence-corrected chi connectivity index (χ0v) is 22.2. The Morgan fingerprint density at radius 2 is 1.27 bits per heavy atom. The smallest absolute Gasteiger partial charge is 0.270 e. The molecule has 5 aromatic carbocycles. The largest absolute Gasteiger partial charge is 0.302 e. The molecule has 7 rings (SSSR count). The Morgan fingerprint density at radius 3 is 2.00 bits per heavy atom. The summed E-state index contributed by atoms with van der Waals surface area (Å²) in [7, 11) is -3.53. The standard InChI is InChI=1S/C31H21BrN3OP/c32-24-18-19-27-28(21-24)35(26-13-5-2-6-14-26)37(36,34(27)25-11-3-1-4-12-25)29-15-7-9-22-16-17-23-10-8-20-33-31(23)30(22)29/h1-21H. The predicted molar refractivity (Wildman–Crippen MR) is 158 cm³/mol. The molecule has 0 spiro atoms. The molecule has 0 aliphatic carbocycles. The number of hydrogen-bond acceptors (Lipinski definition) is 2. The Hall–Kier alpha value is -3.92. The molecule has 0 fully saturated rings. The molecule has 0 bridgehead atoms. The van der Waals surface area contributed by atoms with Crippen molar-refractivity contribution in [2.75, 3.05) is 9.34 Å². The van der Waals surface area contributed by atoms with Crippen LogP contribution in [0, 0.1) is 0 Å². The third-order valence-electron chi connectivity index (χ3n) is 6.84. The maximum Gasteiger partial charge on any atom is 0.302 e. The molecule has 0 saturated carbocycles. The molecule has 0 N–H and O–H groups in total. The van der Waals surface area contributed by atoms with Crippen molar-refractivity contribution < 1.29 is 4.57 Å². The van der Waals surface area contributed by atoms with E-state index in [0.717, 1.165) is 54.2 Å². The van der Waals surface area contributed by atoms with Crippen LogP contribution in [0.5, 0.6) is 0 Å². The highest BCUT2D eigenvalue weighted by molar-refractivity contribution is 9.10. The summed E-state index contributed by atoms with van der Waals surface area (Å²) in [6.45, 7) is 0. The lowest BCUT2D eigenvalue weighted by Gasteiger charge is -2.34. The van der Waals surface area contributed by atoms with Crippen molar-refractivity contribution in [1.82, 2.24) is 4.98 Å². The Labute approximate surface area is 223 Å². The molecule has 1 aliphatic rings. The first kappa shape index (κ1) is 22.3. The number of anilines is 4. The molecule has 0 amide bonds. The summed E-state index contributed by atoms with van der Waals surface area (Å²) in [5.74, 6) is 0. The monoisotopic (exact) mass is 561 g/mol. The van der Waals surface area contributed by atoms with Crippen LogP contribution in [0.4, 0.5) is 22.7 Å². The van der Waals surface area contributed by atoms with Crippen molar-refractivity contribution in [3.05, 3.63) is 132 Å². The summed E-state index contributed by atoms with van der Waals surface area (Å²) in [5.41, 5.74) is 4.38. The Kier molecular flexibility index (Phi) is 5.17. The lowest BCUT2D eigenvalue weighted by Crippen LogP contribution is -2.27. The molecule has 178 valence electrons. The average molecular weight is 562 g/mol. The van der Waals surface area contributed by atoms with Gasteiger partial charge in [-0.15, -0.1) is 0 Å². The first-order valence-electron chi connectivity index (χ1n) is 12.0. The van der Waals surface area contributed by atoms with E-state index in [1.165, 1.54) is 0 Å². The minimum atomic E-state index is -3.53. The highest BCUT2D eigenvalue weighted by Crippen LogP contribution is 2.70. The fraction of sp³-hybridized carbons (Fsp3) is 0. The van der Waals surface area contributed by atoms with Crippen molar-refractivity contribution in [3.8, 4) is 0 Å². The maximum absolute atomic E-state index is 16.1. The summed E-state index contributed by atoms with van der Waals surface area (Å²) in [5, 5.41) is 3.70. The average Bonchev–Trinajstić information content (AvgIpc) is 3.21. The molecule has 0 saturated heterocycles. The van der Waals surface area contributed by atoms with Gasteiger partial charge in [0.25, 0.3) is 0 Å². The van der Waals surface area contributed by atoms with E-state index in [-0.39, 0.29) is 0 Å². The van der Waals surface area contributed by atoms with Gasteiger partial charge in [0.05, 0.1) is 22.2 Å². The fourth-order valence-corrected chi connectivity index (χ4v) is 8.88. The first-order chi connectivity index (χ1) is 18.2. The van der Waals surface area contributed by atoms with Gasteiger partial charge in [-0.3, -0.25) is 18.9 Å². The lowest BCUT2D eigenvalue weighted by molar-refractivity contribution is 0.582. The van der Waals surface area contributed by atoms with Gasteiger partial charge in [-0.25, -0.2) is 0 Å². The van der Waals surface area contributed by atoms with E-state index in [2.05, 4.69) is 46.3 Å². The Bertz CT molecular complexity index is 1840. The molecule has 6 heteroatoms. The van der Waals surface area contributed by atoms with Crippen LogP contribution in [0.3, 0.4) is 0 Å². The number of pyridine rings is 1. The second kappa shape index (κ2) is 8.58.